The number of carbonyl (C=O) groups is 2. The first-order chi connectivity index (χ1) is 13.9. The van der Waals surface area contributed by atoms with Crippen LogP contribution in [0.25, 0.3) is 21.9 Å². The number of rotatable bonds is 5. The first-order valence-electron chi connectivity index (χ1n) is 9.93. The minimum Gasteiger partial charge on any atom is -0.398 e. The summed E-state index contributed by atoms with van der Waals surface area (Å²) in [5.41, 5.74) is 11.0. The predicted octanol–water partition coefficient (Wildman–Crippen LogP) is 4.55. The molecule has 3 aromatic carbocycles. The molecule has 2 N–H and O–H groups in total. The van der Waals surface area contributed by atoms with E-state index in [-0.39, 0.29) is 11.8 Å². The highest BCUT2D eigenvalue weighted by molar-refractivity contribution is 6.27. The predicted molar refractivity (Wildman–Crippen MR) is 118 cm³/mol. The highest BCUT2D eigenvalue weighted by Gasteiger charge is 2.33. The van der Waals surface area contributed by atoms with Crippen molar-refractivity contribution >= 4 is 34.0 Å². The summed E-state index contributed by atoms with van der Waals surface area (Å²) in [4.78, 5) is 29.6. The van der Waals surface area contributed by atoms with Crippen molar-refractivity contribution in [1.29, 1.82) is 0 Å². The van der Waals surface area contributed by atoms with Gasteiger partial charge in [-0.3, -0.25) is 14.5 Å². The van der Waals surface area contributed by atoms with Gasteiger partial charge in [0, 0.05) is 59.5 Å². The van der Waals surface area contributed by atoms with Crippen molar-refractivity contribution in [2.24, 2.45) is 0 Å². The van der Waals surface area contributed by atoms with Crippen molar-refractivity contribution < 1.29 is 9.59 Å². The van der Waals surface area contributed by atoms with Gasteiger partial charge in [0.05, 0.1) is 0 Å². The van der Waals surface area contributed by atoms with E-state index in [1.807, 2.05) is 62.3 Å². The van der Waals surface area contributed by atoms with Crippen LogP contribution in [0.1, 0.15) is 40.5 Å². The molecule has 0 saturated carbocycles. The van der Waals surface area contributed by atoms with Crippen LogP contribution in [0.5, 0.6) is 0 Å². The molecule has 0 bridgehead atoms. The van der Waals surface area contributed by atoms with E-state index in [1.165, 1.54) is 4.90 Å². The zero-order valence-corrected chi connectivity index (χ0v) is 17.0. The summed E-state index contributed by atoms with van der Waals surface area (Å²) in [5, 5.41) is 1.42. The summed E-state index contributed by atoms with van der Waals surface area (Å²) in [5.74, 6) is -0.472. The van der Waals surface area contributed by atoms with Crippen molar-refractivity contribution in [2.75, 3.05) is 31.3 Å². The molecule has 148 valence electrons. The number of imide groups is 1. The number of unbranched alkanes of at least 4 members (excludes halogenated alkanes) is 1. The molecule has 29 heavy (non-hydrogen) atoms. The number of benzene rings is 3. The molecule has 0 unspecified atom stereocenters. The van der Waals surface area contributed by atoms with Crippen LogP contribution in [0.4, 0.5) is 11.4 Å². The molecular weight excluding hydrogens is 362 g/mol. The minimum atomic E-state index is -0.239. The van der Waals surface area contributed by atoms with Crippen molar-refractivity contribution in [3.63, 3.8) is 0 Å². The Hall–Kier alpha value is -3.34. The van der Waals surface area contributed by atoms with Gasteiger partial charge in [0.15, 0.2) is 0 Å². The lowest BCUT2D eigenvalue weighted by Crippen LogP contribution is -2.40. The zero-order valence-electron chi connectivity index (χ0n) is 17.0. The maximum atomic E-state index is 13.2. The van der Waals surface area contributed by atoms with Gasteiger partial charge in [-0.25, -0.2) is 0 Å². The third-order valence-electron chi connectivity index (χ3n) is 5.56. The highest BCUT2D eigenvalue weighted by Crippen LogP contribution is 2.40. The van der Waals surface area contributed by atoms with Gasteiger partial charge in [0.1, 0.15) is 0 Å². The van der Waals surface area contributed by atoms with Crippen molar-refractivity contribution in [1.82, 2.24) is 4.90 Å². The lowest BCUT2D eigenvalue weighted by molar-refractivity contribution is 0.0608. The largest absolute Gasteiger partial charge is 0.398 e. The van der Waals surface area contributed by atoms with Crippen LogP contribution in [-0.4, -0.2) is 37.4 Å². The Bertz CT molecular complexity index is 1130. The number of carbonyl (C=O) groups excluding carboxylic acids is 2. The molecule has 0 radical (unpaired) electrons. The topological polar surface area (TPSA) is 66.6 Å². The number of amides is 2. The number of hydrogen-bond donors (Lipinski definition) is 1. The van der Waals surface area contributed by atoms with E-state index in [0.717, 1.165) is 35.0 Å². The Morgan fingerprint density at radius 2 is 1.66 bits per heavy atom. The van der Waals surface area contributed by atoms with Crippen LogP contribution in [0.3, 0.4) is 0 Å². The fourth-order valence-corrected chi connectivity index (χ4v) is 3.95. The lowest BCUT2D eigenvalue weighted by atomic mass is 9.88. The molecule has 2 amide bonds. The fraction of sp³-hybridized carbons (Fsp3) is 0.250. The Labute approximate surface area is 170 Å². The first kappa shape index (κ1) is 19.0. The second-order valence-corrected chi connectivity index (χ2v) is 7.67. The molecule has 5 heteroatoms. The standard InChI is InChI=1S/C24H25N3O2/c1-4-5-12-27-23(28)18-11-7-10-17-21(18)20(24(27)29)14-19(22(17)25)15-8-6-9-16(13-15)26(2)3/h6-11,13-14H,4-5,12,25H2,1-3H3. The van der Waals surface area contributed by atoms with Crippen LogP contribution in [0.2, 0.25) is 0 Å². The van der Waals surface area contributed by atoms with E-state index in [1.54, 1.807) is 6.07 Å². The van der Waals surface area contributed by atoms with Crippen LogP contribution in [-0.2, 0) is 0 Å². The maximum Gasteiger partial charge on any atom is 0.261 e. The monoisotopic (exact) mass is 387 g/mol. The second-order valence-electron chi connectivity index (χ2n) is 7.67. The Balaban J connectivity index is 1.96. The third-order valence-corrected chi connectivity index (χ3v) is 5.56. The molecule has 0 aliphatic carbocycles. The number of nitrogens with two attached hydrogens (primary N) is 1. The third kappa shape index (κ3) is 3.03. The molecule has 0 spiro atoms. The number of anilines is 2. The normalized spacial score (nSPS) is 13.3. The van der Waals surface area contributed by atoms with E-state index in [2.05, 4.69) is 6.07 Å². The lowest BCUT2D eigenvalue weighted by Gasteiger charge is -2.28. The summed E-state index contributed by atoms with van der Waals surface area (Å²) in [6.45, 7) is 2.48. The van der Waals surface area contributed by atoms with E-state index in [0.29, 0.717) is 28.7 Å². The Kier molecular flexibility index (Phi) is 4.74. The molecule has 1 heterocycles. The molecule has 0 fully saturated rings. The van der Waals surface area contributed by atoms with Crippen molar-refractivity contribution in [3.8, 4) is 11.1 Å². The van der Waals surface area contributed by atoms with Crippen LogP contribution >= 0.6 is 0 Å². The summed E-state index contributed by atoms with van der Waals surface area (Å²) < 4.78 is 0. The maximum absolute atomic E-state index is 13.2. The van der Waals surface area contributed by atoms with Crippen LogP contribution in [0.15, 0.2) is 48.5 Å². The van der Waals surface area contributed by atoms with Gasteiger partial charge in [-0.2, -0.15) is 0 Å². The molecule has 0 saturated heterocycles. The quantitative estimate of drug-likeness (QED) is 0.515. The molecule has 1 aliphatic rings. The highest BCUT2D eigenvalue weighted by atomic mass is 16.2. The van der Waals surface area contributed by atoms with E-state index >= 15 is 0 Å². The summed E-state index contributed by atoms with van der Waals surface area (Å²) in [6, 6.07) is 15.4. The zero-order chi connectivity index (χ0) is 20.7. The summed E-state index contributed by atoms with van der Waals surface area (Å²) in [6.07, 6.45) is 1.70. The number of hydrogen-bond acceptors (Lipinski definition) is 4. The van der Waals surface area contributed by atoms with Crippen LogP contribution in [0, 0.1) is 0 Å². The average molecular weight is 387 g/mol. The molecule has 5 nitrogen and oxygen atoms in total. The van der Waals surface area contributed by atoms with Crippen LogP contribution < -0.4 is 10.6 Å². The van der Waals surface area contributed by atoms with Gasteiger partial charge in [-0.05, 0) is 36.2 Å². The molecule has 0 atom stereocenters. The van der Waals surface area contributed by atoms with Gasteiger partial charge in [-0.15, -0.1) is 0 Å². The van der Waals surface area contributed by atoms with Crippen molar-refractivity contribution in [2.45, 2.75) is 19.8 Å². The molecule has 3 aromatic rings. The summed E-state index contributed by atoms with van der Waals surface area (Å²) >= 11 is 0. The number of nitrogen functional groups attached to an aromatic ring is 1. The Morgan fingerprint density at radius 1 is 0.931 bits per heavy atom. The van der Waals surface area contributed by atoms with E-state index < -0.39 is 0 Å². The van der Waals surface area contributed by atoms with E-state index in [9.17, 15) is 9.59 Å². The Morgan fingerprint density at radius 3 is 2.38 bits per heavy atom. The smallest absolute Gasteiger partial charge is 0.261 e. The number of nitrogens with zero attached hydrogens (tertiary/aromatic N) is 2. The average Bonchev–Trinajstić information content (AvgIpc) is 2.73. The van der Waals surface area contributed by atoms with Gasteiger partial charge in [0.2, 0.25) is 0 Å². The first-order valence-corrected chi connectivity index (χ1v) is 9.93. The van der Waals surface area contributed by atoms with Gasteiger partial charge in [0.25, 0.3) is 11.8 Å². The minimum absolute atomic E-state index is 0.233. The molecule has 1 aliphatic heterocycles. The molecule has 4 rings (SSSR count). The van der Waals surface area contributed by atoms with Gasteiger partial charge >= 0.3 is 0 Å². The van der Waals surface area contributed by atoms with E-state index in [4.69, 9.17) is 5.73 Å². The SMILES string of the molecule is CCCCN1C(=O)c2cccc3c(N)c(-c4cccc(N(C)C)c4)cc(c23)C1=O. The van der Waals surface area contributed by atoms with Crippen molar-refractivity contribution in [3.05, 3.63) is 59.7 Å². The molecule has 0 aromatic heterocycles. The fourth-order valence-electron chi connectivity index (χ4n) is 3.95. The van der Waals surface area contributed by atoms with Gasteiger partial charge < -0.3 is 10.6 Å². The summed E-state index contributed by atoms with van der Waals surface area (Å²) in [7, 11) is 3.97. The second kappa shape index (κ2) is 7.24. The molecular formula is C24H25N3O2. The van der Waals surface area contributed by atoms with Gasteiger partial charge in [-0.1, -0.05) is 37.6 Å².